The predicted octanol–water partition coefficient (Wildman–Crippen LogP) is 3.90. The van der Waals surface area contributed by atoms with E-state index >= 15 is 0 Å². The highest BCUT2D eigenvalue weighted by molar-refractivity contribution is 14.0. The van der Waals surface area contributed by atoms with Crippen LogP contribution >= 0.6 is 46.9 Å². The zero-order valence-corrected chi connectivity index (χ0v) is 20.7. The molecule has 10 heteroatoms. The van der Waals surface area contributed by atoms with Crippen molar-refractivity contribution in [2.45, 2.75) is 18.4 Å². The Balaban J connectivity index is 0.00000392. The highest BCUT2D eigenvalue weighted by atomic mass is 127. The topological polar surface area (TPSA) is 71.0 Å². The molecular formula is C18H25ClIN3O3S2. The van der Waals surface area contributed by atoms with Crippen molar-refractivity contribution >= 4 is 62.7 Å². The molecule has 0 atom stereocenters. The fourth-order valence-electron chi connectivity index (χ4n) is 2.31. The minimum Gasteiger partial charge on any atom is -0.492 e. The van der Waals surface area contributed by atoms with Gasteiger partial charge in [-0.1, -0.05) is 11.6 Å². The Bertz CT molecular complexity index is 870. The maximum Gasteiger partial charge on any atom is 0.194 e. The van der Waals surface area contributed by atoms with Crippen LogP contribution in [0.5, 0.6) is 5.75 Å². The summed E-state index contributed by atoms with van der Waals surface area (Å²) in [6, 6.07) is 10.3. The van der Waals surface area contributed by atoms with Crippen molar-refractivity contribution in [3.63, 3.8) is 0 Å². The number of hydrogen-bond acceptors (Lipinski definition) is 5. The molecule has 1 aromatic carbocycles. The van der Waals surface area contributed by atoms with Crippen LogP contribution in [0.25, 0.3) is 0 Å². The lowest BCUT2D eigenvalue weighted by atomic mass is 10.3. The van der Waals surface area contributed by atoms with Gasteiger partial charge in [-0.25, -0.2) is 13.4 Å². The van der Waals surface area contributed by atoms with Gasteiger partial charge in [-0.05, 0) is 43.3 Å². The first-order valence-electron chi connectivity index (χ1n) is 8.46. The summed E-state index contributed by atoms with van der Waals surface area (Å²) in [5.41, 5.74) is 0. The lowest BCUT2D eigenvalue weighted by molar-refractivity contribution is 0.327. The molecule has 0 saturated carbocycles. The standard InChI is InChI=1S/C18H24ClN3O3S2.HI/c1-4-20-18(22(2)13-15-7-10-17(19)26-15)21-11-12-25-14-5-8-16(9-6-14)27(3,23)24;/h5-10H,4,11-13H2,1-3H3,(H,20,21);1H. The maximum atomic E-state index is 11.5. The summed E-state index contributed by atoms with van der Waals surface area (Å²) in [5, 5.41) is 3.26. The lowest BCUT2D eigenvalue weighted by Crippen LogP contribution is -2.38. The van der Waals surface area contributed by atoms with Gasteiger partial charge in [0.2, 0.25) is 0 Å². The van der Waals surface area contributed by atoms with Gasteiger partial charge in [0.15, 0.2) is 15.8 Å². The molecule has 156 valence electrons. The van der Waals surface area contributed by atoms with Crippen LogP contribution in [0.15, 0.2) is 46.3 Å². The zero-order valence-electron chi connectivity index (χ0n) is 16.0. The molecule has 0 aliphatic carbocycles. The second kappa shape index (κ2) is 11.8. The van der Waals surface area contributed by atoms with E-state index in [9.17, 15) is 8.42 Å². The largest absolute Gasteiger partial charge is 0.492 e. The number of sulfone groups is 1. The highest BCUT2D eigenvalue weighted by Crippen LogP contribution is 2.22. The second-order valence-corrected chi connectivity index (χ2v) is 9.70. The Kier molecular flexibility index (Phi) is 10.6. The van der Waals surface area contributed by atoms with Gasteiger partial charge in [-0.3, -0.25) is 0 Å². The number of guanidine groups is 1. The van der Waals surface area contributed by atoms with Crippen LogP contribution in [0.1, 0.15) is 11.8 Å². The van der Waals surface area contributed by atoms with Crippen molar-refractivity contribution in [3.05, 3.63) is 45.6 Å². The first-order chi connectivity index (χ1) is 12.8. The van der Waals surface area contributed by atoms with E-state index < -0.39 is 9.84 Å². The van der Waals surface area contributed by atoms with E-state index in [0.717, 1.165) is 28.3 Å². The normalized spacial score (nSPS) is 11.6. The van der Waals surface area contributed by atoms with Crippen LogP contribution in [0, 0.1) is 0 Å². The van der Waals surface area contributed by atoms with Crippen molar-refractivity contribution in [2.24, 2.45) is 4.99 Å². The summed E-state index contributed by atoms with van der Waals surface area (Å²) in [7, 11) is -1.22. The van der Waals surface area contributed by atoms with E-state index in [1.807, 2.05) is 31.0 Å². The summed E-state index contributed by atoms with van der Waals surface area (Å²) in [6.07, 6.45) is 1.18. The summed E-state index contributed by atoms with van der Waals surface area (Å²) in [4.78, 5) is 8.04. The minimum atomic E-state index is -3.19. The number of halogens is 2. The van der Waals surface area contributed by atoms with E-state index in [-0.39, 0.29) is 28.9 Å². The molecule has 2 aromatic rings. The van der Waals surface area contributed by atoms with Crippen LogP contribution in [0.2, 0.25) is 4.34 Å². The number of rotatable bonds is 8. The van der Waals surface area contributed by atoms with Gasteiger partial charge in [-0.2, -0.15) is 0 Å². The Hall–Kier alpha value is -1.04. The zero-order chi connectivity index (χ0) is 19.9. The summed E-state index contributed by atoms with van der Waals surface area (Å²) in [5.74, 6) is 1.40. The molecule has 28 heavy (non-hydrogen) atoms. The van der Waals surface area contributed by atoms with Gasteiger partial charge in [0.1, 0.15) is 12.4 Å². The van der Waals surface area contributed by atoms with Gasteiger partial charge in [-0.15, -0.1) is 35.3 Å². The number of nitrogens with zero attached hydrogens (tertiary/aromatic N) is 2. The first-order valence-corrected chi connectivity index (χ1v) is 11.5. The SMILES string of the molecule is CCNC(=NCCOc1ccc(S(C)(=O)=O)cc1)N(C)Cc1ccc(Cl)s1.I. The number of ether oxygens (including phenoxy) is 1. The summed E-state index contributed by atoms with van der Waals surface area (Å²) in [6.45, 7) is 4.38. The molecule has 0 bridgehead atoms. The van der Waals surface area contributed by atoms with Crippen molar-refractivity contribution in [1.82, 2.24) is 10.2 Å². The lowest BCUT2D eigenvalue weighted by Gasteiger charge is -2.21. The van der Waals surface area contributed by atoms with E-state index in [4.69, 9.17) is 16.3 Å². The molecule has 1 aromatic heterocycles. The van der Waals surface area contributed by atoms with Crippen LogP contribution in [-0.4, -0.2) is 52.3 Å². The predicted molar refractivity (Wildman–Crippen MR) is 127 cm³/mol. The molecule has 0 saturated heterocycles. The molecule has 0 aliphatic rings. The Morgan fingerprint density at radius 2 is 1.93 bits per heavy atom. The van der Waals surface area contributed by atoms with E-state index in [1.54, 1.807) is 23.5 Å². The minimum absolute atomic E-state index is 0. The fraction of sp³-hybridized carbons (Fsp3) is 0.389. The van der Waals surface area contributed by atoms with Crippen LogP contribution < -0.4 is 10.1 Å². The van der Waals surface area contributed by atoms with E-state index in [0.29, 0.717) is 18.9 Å². The average Bonchev–Trinajstić information content (AvgIpc) is 3.02. The average molecular weight is 558 g/mol. The van der Waals surface area contributed by atoms with Crippen LogP contribution in [0.4, 0.5) is 0 Å². The van der Waals surface area contributed by atoms with E-state index in [1.165, 1.54) is 18.4 Å². The smallest absolute Gasteiger partial charge is 0.194 e. The summed E-state index contributed by atoms with van der Waals surface area (Å²) < 4.78 is 29.3. The van der Waals surface area contributed by atoms with E-state index in [2.05, 4.69) is 10.3 Å². The number of hydrogen-bond donors (Lipinski definition) is 1. The van der Waals surface area contributed by atoms with Crippen molar-refractivity contribution in [2.75, 3.05) is 33.0 Å². The third-order valence-corrected chi connectivity index (χ3v) is 5.94. The van der Waals surface area contributed by atoms with Crippen LogP contribution in [0.3, 0.4) is 0 Å². The first kappa shape index (κ1) is 25.0. The molecule has 0 aliphatic heterocycles. The van der Waals surface area contributed by atoms with Gasteiger partial charge in [0.05, 0.1) is 22.3 Å². The molecule has 0 spiro atoms. The number of aliphatic imine (C=N–C) groups is 1. The van der Waals surface area contributed by atoms with Crippen molar-refractivity contribution < 1.29 is 13.2 Å². The molecule has 0 fully saturated rings. The third kappa shape index (κ3) is 8.14. The number of nitrogens with one attached hydrogen (secondary N) is 1. The maximum absolute atomic E-state index is 11.5. The molecule has 1 heterocycles. The molecule has 2 rings (SSSR count). The molecule has 0 radical (unpaired) electrons. The molecule has 1 N–H and O–H groups in total. The van der Waals surface area contributed by atoms with Gasteiger partial charge < -0.3 is 15.0 Å². The fourth-order valence-corrected chi connectivity index (χ4v) is 4.08. The van der Waals surface area contributed by atoms with Crippen LogP contribution in [-0.2, 0) is 16.4 Å². The quantitative estimate of drug-likeness (QED) is 0.231. The highest BCUT2D eigenvalue weighted by Gasteiger charge is 2.09. The molecule has 0 unspecified atom stereocenters. The molecule has 6 nitrogen and oxygen atoms in total. The van der Waals surface area contributed by atoms with Gasteiger partial charge >= 0.3 is 0 Å². The Labute approximate surface area is 192 Å². The number of benzene rings is 1. The third-order valence-electron chi connectivity index (χ3n) is 3.59. The summed E-state index contributed by atoms with van der Waals surface area (Å²) >= 11 is 7.54. The Morgan fingerprint density at radius 1 is 1.25 bits per heavy atom. The van der Waals surface area contributed by atoms with Crippen molar-refractivity contribution in [1.29, 1.82) is 0 Å². The monoisotopic (exact) mass is 557 g/mol. The molecule has 0 amide bonds. The van der Waals surface area contributed by atoms with Crippen molar-refractivity contribution in [3.8, 4) is 5.75 Å². The second-order valence-electron chi connectivity index (χ2n) is 5.89. The number of thiophene rings is 1. The van der Waals surface area contributed by atoms with Gasteiger partial charge in [0.25, 0.3) is 0 Å². The molecular weight excluding hydrogens is 533 g/mol. The Morgan fingerprint density at radius 3 is 2.46 bits per heavy atom. The van der Waals surface area contributed by atoms with Gasteiger partial charge in [0, 0.05) is 24.7 Å².